The van der Waals surface area contributed by atoms with Crippen LogP contribution in [0, 0.1) is 6.92 Å². The summed E-state index contributed by atoms with van der Waals surface area (Å²) in [6.07, 6.45) is 10.7. The minimum atomic E-state index is 0.225. The van der Waals surface area contributed by atoms with Crippen molar-refractivity contribution < 1.29 is 5.11 Å². The summed E-state index contributed by atoms with van der Waals surface area (Å²) in [6.45, 7) is 3.91. The van der Waals surface area contributed by atoms with Gasteiger partial charge in [0.25, 0.3) is 0 Å². The van der Waals surface area contributed by atoms with Gasteiger partial charge in [0.2, 0.25) is 0 Å². The number of aromatic nitrogens is 2. The summed E-state index contributed by atoms with van der Waals surface area (Å²) in [5, 5.41) is 9.35. The SMILES string of the molecule is Cc1ccc2nc(CN(CCO)C3CCCCC3)cn2c1. The first-order chi connectivity index (χ1) is 10.3. The van der Waals surface area contributed by atoms with E-state index in [1.54, 1.807) is 0 Å². The van der Waals surface area contributed by atoms with Gasteiger partial charge in [0.15, 0.2) is 0 Å². The molecule has 2 aromatic rings. The van der Waals surface area contributed by atoms with Crippen LogP contribution in [0.3, 0.4) is 0 Å². The van der Waals surface area contributed by atoms with Crippen LogP contribution >= 0.6 is 0 Å². The van der Waals surface area contributed by atoms with Gasteiger partial charge in [-0.25, -0.2) is 4.98 Å². The van der Waals surface area contributed by atoms with Crippen molar-refractivity contribution in [3.63, 3.8) is 0 Å². The van der Waals surface area contributed by atoms with Crippen molar-refractivity contribution in [1.29, 1.82) is 0 Å². The lowest BCUT2D eigenvalue weighted by molar-refractivity contribution is 0.116. The number of nitrogens with zero attached hydrogens (tertiary/aromatic N) is 3. The van der Waals surface area contributed by atoms with Crippen molar-refractivity contribution in [3.05, 3.63) is 35.8 Å². The maximum absolute atomic E-state index is 9.35. The molecule has 114 valence electrons. The quantitative estimate of drug-likeness (QED) is 0.919. The maximum atomic E-state index is 9.35. The van der Waals surface area contributed by atoms with E-state index in [0.29, 0.717) is 6.04 Å². The summed E-state index contributed by atoms with van der Waals surface area (Å²) in [6, 6.07) is 4.77. The molecule has 2 heterocycles. The molecule has 0 saturated heterocycles. The van der Waals surface area contributed by atoms with Gasteiger partial charge in [0.05, 0.1) is 12.3 Å². The molecule has 0 amide bonds. The number of aliphatic hydroxyl groups is 1. The number of hydrogen-bond acceptors (Lipinski definition) is 3. The summed E-state index contributed by atoms with van der Waals surface area (Å²) in [7, 11) is 0. The standard InChI is InChI=1S/C17H25N3O/c1-14-7-8-17-18-15(13-20(17)11-14)12-19(9-10-21)16-5-3-2-4-6-16/h7-8,11,13,16,21H,2-6,9-10,12H2,1H3. The van der Waals surface area contributed by atoms with E-state index in [2.05, 4.69) is 40.8 Å². The van der Waals surface area contributed by atoms with Gasteiger partial charge in [-0.1, -0.05) is 25.3 Å². The van der Waals surface area contributed by atoms with Gasteiger partial charge in [-0.3, -0.25) is 4.90 Å². The van der Waals surface area contributed by atoms with Crippen molar-refractivity contribution in [2.24, 2.45) is 0 Å². The number of pyridine rings is 1. The summed E-state index contributed by atoms with van der Waals surface area (Å²) in [4.78, 5) is 7.12. The van der Waals surface area contributed by atoms with Crippen LogP contribution in [0.4, 0.5) is 0 Å². The van der Waals surface area contributed by atoms with Crippen molar-refractivity contribution in [2.75, 3.05) is 13.2 Å². The molecule has 4 heteroatoms. The molecule has 2 aromatic heterocycles. The van der Waals surface area contributed by atoms with Crippen LogP contribution in [-0.4, -0.2) is 38.6 Å². The van der Waals surface area contributed by atoms with Gasteiger partial charge in [-0.05, 0) is 31.4 Å². The van der Waals surface area contributed by atoms with E-state index in [1.807, 2.05) is 0 Å². The highest BCUT2D eigenvalue weighted by atomic mass is 16.3. The van der Waals surface area contributed by atoms with Gasteiger partial charge in [-0.2, -0.15) is 0 Å². The third-order valence-electron chi connectivity index (χ3n) is 4.49. The van der Waals surface area contributed by atoms with Crippen molar-refractivity contribution in [2.45, 2.75) is 51.6 Å². The Morgan fingerprint density at radius 1 is 1.24 bits per heavy atom. The smallest absolute Gasteiger partial charge is 0.137 e. The fourth-order valence-corrected chi connectivity index (χ4v) is 3.41. The lowest BCUT2D eigenvalue weighted by atomic mass is 9.94. The van der Waals surface area contributed by atoms with Gasteiger partial charge in [0, 0.05) is 31.5 Å². The second-order valence-electron chi connectivity index (χ2n) is 6.19. The molecule has 0 aromatic carbocycles. The minimum absolute atomic E-state index is 0.225. The van der Waals surface area contributed by atoms with Crippen LogP contribution in [0.2, 0.25) is 0 Å². The summed E-state index contributed by atoms with van der Waals surface area (Å²) in [5.74, 6) is 0. The fraction of sp³-hybridized carbons (Fsp3) is 0.588. The minimum Gasteiger partial charge on any atom is -0.395 e. The van der Waals surface area contributed by atoms with E-state index >= 15 is 0 Å². The molecule has 1 N–H and O–H groups in total. The van der Waals surface area contributed by atoms with Gasteiger partial charge < -0.3 is 9.51 Å². The highest BCUT2D eigenvalue weighted by Crippen LogP contribution is 2.23. The Morgan fingerprint density at radius 3 is 2.81 bits per heavy atom. The number of fused-ring (bicyclic) bond motifs is 1. The van der Waals surface area contributed by atoms with E-state index < -0.39 is 0 Å². The number of aryl methyl sites for hydroxylation is 1. The molecule has 1 saturated carbocycles. The molecular weight excluding hydrogens is 262 g/mol. The number of imidazole rings is 1. The van der Waals surface area contributed by atoms with Crippen LogP contribution in [0.15, 0.2) is 24.5 Å². The predicted molar refractivity (Wildman–Crippen MR) is 84.3 cm³/mol. The first-order valence-electron chi connectivity index (χ1n) is 8.05. The summed E-state index contributed by atoms with van der Waals surface area (Å²) >= 11 is 0. The Bertz CT molecular complexity index is 587. The molecule has 1 aliphatic rings. The van der Waals surface area contributed by atoms with E-state index in [9.17, 15) is 5.11 Å². The van der Waals surface area contributed by atoms with Gasteiger partial charge in [-0.15, -0.1) is 0 Å². The zero-order chi connectivity index (χ0) is 14.7. The van der Waals surface area contributed by atoms with E-state index in [4.69, 9.17) is 4.98 Å². The van der Waals surface area contributed by atoms with Crippen LogP contribution < -0.4 is 0 Å². The Balaban J connectivity index is 1.76. The molecular formula is C17H25N3O. The second kappa shape index (κ2) is 6.58. The molecule has 0 unspecified atom stereocenters. The van der Waals surface area contributed by atoms with Crippen molar-refractivity contribution in [1.82, 2.24) is 14.3 Å². The average molecular weight is 287 g/mol. The molecule has 0 atom stereocenters. The molecule has 1 fully saturated rings. The molecule has 0 bridgehead atoms. The zero-order valence-electron chi connectivity index (χ0n) is 12.8. The average Bonchev–Trinajstić information content (AvgIpc) is 2.89. The fourth-order valence-electron chi connectivity index (χ4n) is 3.41. The molecule has 21 heavy (non-hydrogen) atoms. The van der Waals surface area contributed by atoms with Crippen LogP contribution in [-0.2, 0) is 6.54 Å². The first-order valence-corrected chi connectivity index (χ1v) is 8.05. The van der Waals surface area contributed by atoms with Gasteiger partial charge >= 0.3 is 0 Å². The highest BCUT2D eigenvalue weighted by Gasteiger charge is 2.21. The molecule has 3 rings (SSSR count). The van der Waals surface area contributed by atoms with E-state index in [0.717, 1.165) is 24.4 Å². The third-order valence-corrected chi connectivity index (χ3v) is 4.49. The molecule has 0 radical (unpaired) electrons. The third kappa shape index (κ3) is 3.44. The lowest BCUT2D eigenvalue weighted by Gasteiger charge is -2.33. The molecule has 1 aliphatic carbocycles. The van der Waals surface area contributed by atoms with Crippen LogP contribution in [0.25, 0.3) is 5.65 Å². The number of hydrogen-bond donors (Lipinski definition) is 1. The maximum Gasteiger partial charge on any atom is 0.137 e. The highest BCUT2D eigenvalue weighted by molar-refractivity contribution is 5.41. The Labute approximate surface area is 126 Å². The Hall–Kier alpha value is -1.39. The largest absolute Gasteiger partial charge is 0.395 e. The molecule has 4 nitrogen and oxygen atoms in total. The van der Waals surface area contributed by atoms with Gasteiger partial charge in [0.1, 0.15) is 5.65 Å². The lowest BCUT2D eigenvalue weighted by Crippen LogP contribution is -2.38. The monoisotopic (exact) mass is 287 g/mol. The second-order valence-corrected chi connectivity index (χ2v) is 6.19. The summed E-state index contributed by atoms with van der Waals surface area (Å²) < 4.78 is 2.10. The molecule has 0 spiro atoms. The van der Waals surface area contributed by atoms with Crippen LogP contribution in [0.5, 0.6) is 0 Å². The van der Waals surface area contributed by atoms with E-state index in [-0.39, 0.29) is 6.61 Å². The van der Waals surface area contributed by atoms with Crippen LogP contribution in [0.1, 0.15) is 43.4 Å². The van der Waals surface area contributed by atoms with Crippen molar-refractivity contribution in [3.8, 4) is 0 Å². The summed E-state index contributed by atoms with van der Waals surface area (Å²) in [5.41, 5.74) is 3.34. The number of aliphatic hydroxyl groups excluding tert-OH is 1. The Morgan fingerprint density at radius 2 is 2.05 bits per heavy atom. The topological polar surface area (TPSA) is 40.8 Å². The Kier molecular flexibility index (Phi) is 4.56. The normalized spacial score (nSPS) is 16.9. The number of rotatable bonds is 5. The predicted octanol–water partition coefficient (Wildman–Crippen LogP) is 2.77. The van der Waals surface area contributed by atoms with Crippen molar-refractivity contribution >= 4 is 5.65 Å². The van der Waals surface area contributed by atoms with E-state index in [1.165, 1.54) is 37.7 Å². The zero-order valence-corrected chi connectivity index (χ0v) is 12.8. The first kappa shape index (κ1) is 14.5. The molecule has 0 aliphatic heterocycles.